The Kier molecular flexibility index (Phi) is 8.55. The van der Waals surface area contributed by atoms with Gasteiger partial charge in [-0.1, -0.05) is 54.1 Å². The lowest BCUT2D eigenvalue weighted by Gasteiger charge is -2.11. The molecular formula is C30H35N3O2. The number of hydrogen-bond acceptors (Lipinski definition) is 3. The minimum Gasteiger partial charge on any atom is -0.494 e. The number of hydrogen-bond donors (Lipinski definition) is 1. The summed E-state index contributed by atoms with van der Waals surface area (Å²) >= 11 is 0. The van der Waals surface area contributed by atoms with Crippen LogP contribution in [-0.2, 0) is 24.2 Å². The van der Waals surface area contributed by atoms with Crippen LogP contribution in [0.15, 0.2) is 72.8 Å². The van der Waals surface area contributed by atoms with Crippen molar-refractivity contribution in [3.05, 3.63) is 95.3 Å². The van der Waals surface area contributed by atoms with Crippen LogP contribution in [0.5, 0.6) is 5.75 Å². The third-order valence-corrected chi connectivity index (χ3v) is 6.31. The zero-order valence-electron chi connectivity index (χ0n) is 20.8. The number of unbranched alkanes of at least 4 members (excludes halogenated alkanes) is 1. The van der Waals surface area contributed by atoms with Crippen LogP contribution in [0, 0.1) is 13.8 Å². The van der Waals surface area contributed by atoms with Crippen molar-refractivity contribution < 1.29 is 9.53 Å². The Morgan fingerprint density at radius 2 is 1.69 bits per heavy atom. The fourth-order valence-corrected chi connectivity index (χ4v) is 4.28. The monoisotopic (exact) mass is 469 g/mol. The van der Waals surface area contributed by atoms with E-state index < -0.39 is 0 Å². The largest absolute Gasteiger partial charge is 0.494 e. The molecule has 1 amide bonds. The van der Waals surface area contributed by atoms with E-state index in [0.717, 1.165) is 60.4 Å². The first-order chi connectivity index (χ1) is 17.1. The molecule has 4 rings (SSSR count). The van der Waals surface area contributed by atoms with Crippen LogP contribution in [0.2, 0.25) is 0 Å². The van der Waals surface area contributed by atoms with Gasteiger partial charge in [-0.3, -0.25) is 4.79 Å². The normalized spacial score (nSPS) is 11.0. The Bertz CT molecular complexity index is 1240. The van der Waals surface area contributed by atoms with E-state index in [-0.39, 0.29) is 5.91 Å². The average Bonchev–Trinajstić information content (AvgIpc) is 3.21. The molecule has 1 aromatic heterocycles. The van der Waals surface area contributed by atoms with Crippen molar-refractivity contribution in [3.63, 3.8) is 0 Å². The summed E-state index contributed by atoms with van der Waals surface area (Å²) in [6, 6.07) is 24.5. The van der Waals surface area contributed by atoms with Gasteiger partial charge < -0.3 is 14.6 Å². The highest BCUT2D eigenvalue weighted by Gasteiger charge is 2.11. The number of carbonyl (C=O) groups excluding carboxylic acids is 1. The van der Waals surface area contributed by atoms with E-state index in [0.29, 0.717) is 19.6 Å². The summed E-state index contributed by atoms with van der Waals surface area (Å²) in [5.74, 6) is 2.08. The highest BCUT2D eigenvalue weighted by Crippen LogP contribution is 2.18. The fourth-order valence-electron chi connectivity index (χ4n) is 4.28. The molecule has 5 heteroatoms. The van der Waals surface area contributed by atoms with E-state index in [2.05, 4.69) is 47.1 Å². The van der Waals surface area contributed by atoms with Crippen molar-refractivity contribution in [2.45, 2.75) is 52.5 Å². The fraction of sp³-hybridized carbons (Fsp3) is 0.333. The highest BCUT2D eigenvalue weighted by molar-refractivity contribution is 5.79. The maximum absolute atomic E-state index is 12.4. The van der Waals surface area contributed by atoms with Gasteiger partial charge in [0, 0.05) is 19.5 Å². The van der Waals surface area contributed by atoms with Gasteiger partial charge >= 0.3 is 0 Å². The van der Waals surface area contributed by atoms with Crippen LogP contribution in [0.4, 0.5) is 0 Å². The number of fused-ring (bicyclic) bond motifs is 1. The number of ether oxygens (including phenoxy) is 1. The van der Waals surface area contributed by atoms with Gasteiger partial charge in [0.2, 0.25) is 5.91 Å². The van der Waals surface area contributed by atoms with Crippen LogP contribution in [0.1, 0.15) is 41.8 Å². The predicted molar refractivity (Wildman–Crippen MR) is 142 cm³/mol. The zero-order chi connectivity index (χ0) is 24.5. The third-order valence-electron chi connectivity index (χ3n) is 6.31. The Morgan fingerprint density at radius 1 is 0.914 bits per heavy atom. The van der Waals surface area contributed by atoms with Gasteiger partial charge in [0.05, 0.1) is 24.1 Å². The maximum atomic E-state index is 12.4. The van der Waals surface area contributed by atoms with E-state index in [4.69, 9.17) is 9.72 Å². The van der Waals surface area contributed by atoms with E-state index >= 15 is 0 Å². The second-order valence-corrected chi connectivity index (χ2v) is 9.09. The first kappa shape index (κ1) is 24.5. The molecule has 0 fully saturated rings. The Hall–Kier alpha value is -3.60. The van der Waals surface area contributed by atoms with Gasteiger partial charge in [-0.25, -0.2) is 4.98 Å². The van der Waals surface area contributed by atoms with Crippen LogP contribution >= 0.6 is 0 Å². The lowest BCUT2D eigenvalue weighted by Crippen LogP contribution is -2.26. The van der Waals surface area contributed by atoms with Crippen molar-refractivity contribution in [1.82, 2.24) is 14.9 Å². The van der Waals surface area contributed by atoms with E-state index in [9.17, 15) is 4.79 Å². The number of para-hydroxylation sites is 2. The lowest BCUT2D eigenvalue weighted by molar-refractivity contribution is -0.120. The van der Waals surface area contributed by atoms with Gasteiger partial charge in [0.15, 0.2) is 0 Å². The molecule has 4 aromatic rings. The summed E-state index contributed by atoms with van der Waals surface area (Å²) < 4.78 is 8.21. The standard InChI is InChI=1S/C30H35N3O2/c1-23-15-17-26(18-16-23)35-21-8-7-20-33-28-13-6-5-12-27(28)32-29(33)14-9-19-31-30(34)22-25-11-4-3-10-24(25)2/h3-6,10-13,15-18H,7-9,14,19-22H2,1-2H3,(H,31,34). The molecule has 0 radical (unpaired) electrons. The minimum absolute atomic E-state index is 0.0707. The molecule has 0 aliphatic carbocycles. The van der Waals surface area contributed by atoms with Crippen molar-refractivity contribution >= 4 is 16.9 Å². The van der Waals surface area contributed by atoms with Gasteiger partial charge in [0.25, 0.3) is 0 Å². The zero-order valence-corrected chi connectivity index (χ0v) is 20.8. The summed E-state index contributed by atoms with van der Waals surface area (Å²) in [5, 5.41) is 3.07. The molecule has 0 saturated heterocycles. The topological polar surface area (TPSA) is 56.1 Å². The molecule has 1 heterocycles. The Morgan fingerprint density at radius 3 is 2.51 bits per heavy atom. The number of amides is 1. The number of carbonyl (C=O) groups is 1. The van der Waals surface area contributed by atoms with Crippen molar-refractivity contribution in [2.24, 2.45) is 0 Å². The number of nitrogens with one attached hydrogen (secondary N) is 1. The molecule has 0 spiro atoms. The number of benzene rings is 3. The molecule has 35 heavy (non-hydrogen) atoms. The Balaban J connectivity index is 1.26. The molecule has 5 nitrogen and oxygen atoms in total. The van der Waals surface area contributed by atoms with Gasteiger partial charge in [-0.05, 0) is 68.5 Å². The SMILES string of the molecule is Cc1ccc(OCCCCn2c(CCCNC(=O)Cc3ccccc3C)nc3ccccc32)cc1. The molecular weight excluding hydrogens is 434 g/mol. The van der Waals surface area contributed by atoms with Crippen LogP contribution in [0.25, 0.3) is 11.0 Å². The summed E-state index contributed by atoms with van der Waals surface area (Å²) in [6.45, 7) is 6.39. The number of rotatable bonds is 12. The summed E-state index contributed by atoms with van der Waals surface area (Å²) in [7, 11) is 0. The quantitative estimate of drug-likeness (QED) is 0.267. The van der Waals surface area contributed by atoms with Crippen LogP contribution < -0.4 is 10.1 Å². The smallest absolute Gasteiger partial charge is 0.224 e. The predicted octanol–water partition coefficient (Wildman–Crippen LogP) is 5.80. The van der Waals surface area contributed by atoms with Gasteiger partial charge in [-0.2, -0.15) is 0 Å². The molecule has 0 aliphatic heterocycles. The molecule has 0 saturated carbocycles. The van der Waals surface area contributed by atoms with E-state index in [1.165, 1.54) is 11.1 Å². The second kappa shape index (κ2) is 12.2. The summed E-state index contributed by atoms with van der Waals surface area (Å²) in [4.78, 5) is 17.2. The molecule has 0 atom stereocenters. The number of aryl methyl sites for hydroxylation is 4. The molecule has 0 unspecified atom stereocenters. The minimum atomic E-state index is 0.0707. The van der Waals surface area contributed by atoms with Gasteiger partial charge in [0.1, 0.15) is 11.6 Å². The van der Waals surface area contributed by atoms with Crippen molar-refractivity contribution in [3.8, 4) is 5.75 Å². The van der Waals surface area contributed by atoms with Crippen LogP contribution in [-0.4, -0.2) is 28.6 Å². The second-order valence-electron chi connectivity index (χ2n) is 9.09. The summed E-state index contributed by atoms with van der Waals surface area (Å²) in [6.07, 6.45) is 4.12. The van der Waals surface area contributed by atoms with Crippen molar-refractivity contribution in [2.75, 3.05) is 13.2 Å². The van der Waals surface area contributed by atoms with Gasteiger partial charge in [-0.15, -0.1) is 0 Å². The average molecular weight is 470 g/mol. The highest BCUT2D eigenvalue weighted by atomic mass is 16.5. The first-order valence-electron chi connectivity index (χ1n) is 12.5. The lowest BCUT2D eigenvalue weighted by atomic mass is 10.1. The first-order valence-corrected chi connectivity index (χ1v) is 12.5. The third kappa shape index (κ3) is 6.95. The maximum Gasteiger partial charge on any atom is 0.224 e. The molecule has 0 bridgehead atoms. The van der Waals surface area contributed by atoms with E-state index in [1.807, 2.05) is 49.4 Å². The Labute approximate surface area is 208 Å². The number of imidazole rings is 1. The van der Waals surface area contributed by atoms with Crippen molar-refractivity contribution in [1.29, 1.82) is 0 Å². The van der Waals surface area contributed by atoms with E-state index in [1.54, 1.807) is 0 Å². The number of aromatic nitrogens is 2. The molecule has 182 valence electrons. The molecule has 3 aromatic carbocycles. The number of nitrogens with zero attached hydrogens (tertiary/aromatic N) is 2. The molecule has 1 N–H and O–H groups in total. The van der Waals surface area contributed by atoms with Crippen LogP contribution in [0.3, 0.4) is 0 Å². The molecule has 0 aliphatic rings. The summed E-state index contributed by atoms with van der Waals surface area (Å²) in [5.41, 5.74) is 5.68.